The summed E-state index contributed by atoms with van der Waals surface area (Å²) in [6.45, 7) is 4.26. The summed E-state index contributed by atoms with van der Waals surface area (Å²) in [5, 5.41) is 8.95. The van der Waals surface area contributed by atoms with Crippen LogP contribution < -0.4 is 16.0 Å². The maximum absolute atomic E-state index is 11.6. The molecule has 0 radical (unpaired) electrons. The van der Waals surface area contributed by atoms with Crippen LogP contribution in [-0.4, -0.2) is 30.4 Å². The summed E-state index contributed by atoms with van der Waals surface area (Å²) in [7, 11) is 1.72. The number of rotatable bonds is 6. The normalized spacial score (nSPS) is 10.5. The van der Waals surface area contributed by atoms with E-state index >= 15 is 0 Å². The van der Waals surface area contributed by atoms with E-state index in [2.05, 4.69) is 20.9 Å². The van der Waals surface area contributed by atoms with Gasteiger partial charge in [0.1, 0.15) is 0 Å². The van der Waals surface area contributed by atoms with Gasteiger partial charge >= 0.3 is 0 Å². The Labute approximate surface area is 137 Å². The summed E-state index contributed by atoms with van der Waals surface area (Å²) in [6, 6.07) is 3.97. The van der Waals surface area contributed by atoms with Gasteiger partial charge in [0.25, 0.3) is 0 Å². The van der Waals surface area contributed by atoms with Crippen molar-refractivity contribution < 1.29 is 9.59 Å². The highest BCUT2D eigenvalue weighted by atomic mass is 32.1. The lowest BCUT2D eigenvalue weighted by Gasteiger charge is -1.99. The molecule has 0 bridgehead atoms. The van der Waals surface area contributed by atoms with Crippen LogP contribution >= 0.6 is 22.7 Å². The fraction of sp³-hybridized carbons (Fsp3) is 0.357. The van der Waals surface area contributed by atoms with E-state index in [0.29, 0.717) is 11.7 Å². The first kappa shape index (κ1) is 16.6. The molecule has 2 rings (SSSR count). The highest BCUT2D eigenvalue weighted by Gasteiger charge is 2.13. The van der Waals surface area contributed by atoms with Gasteiger partial charge in [-0.25, -0.2) is 4.98 Å². The second-order valence-electron chi connectivity index (χ2n) is 4.68. The molecule has 3 N–H and O–H groups in total. The fourth-order valence-electron chi connectivity index (χ4n) is 1.81. The third-order valence-corrected chi connectivity index (χ3v) is 4.77. The van der Waals surface area contributed by atoms with Crippen molar-refractivity contribution in [2.24, 2.45) is 0 Å². The third-order valence-electron chi connectivity index (χ3n) is 2.79. The number of nitrogens with one attached hydrogen (secondary N) is 3. The number of aryl methyl sites for hydroxylation is 1. The molecule has 0 atom stereocenters. The Morgan fingerprint density at radius 3 is 2.73 bits per heavy atom. The molecule has 0 fully saturated rings. The first-order valence-corrected chi connectivity index (χ1v) is 8.38. The summed E-state index contributed by atoms with van der Waals surface area (Å²) in [5.74, 6) is -0.158. The van der Waals surface area contributed by atoms with E-state index in [1.54, 1.807) is 18.4 Å². The van der Waals surface area contributed by atoms with Crippen LogP contribution in [0.2, 0.25) is 0 Å². The zero-order chi connectivity index (χ0) is 16.1. The SMILES string of the molecule is CNCC(=O)Nc1nc(-c2ccc(CNC(C)=O)s2)c(C)s1. The minimum Gasteiger partial charge on any atom is -0.351 e. The van der Waals surface area contributed by atoms with Gasteiger partial charge in [0, 0.05) is 16.7 Å². The number of hydrogen-bond donors (Lipinski definition) is 3. The molecule has 0 aliphatic rings. The smallest absolute Gasteiger partial charge is 0.240 e. The van der Waals surface area contributed by atoms with Crippen LogP contribution in [0.5, 0.6) is 0 Å². The molecule has 0 saturated carbocycles. The van der Waals surface area contributed by atoms with Gasteiger partial charge in [0.05, 0.1) is 23.7 Å². The average molecular weight is 338 g/mol. The largest absolute Gasteiger partial charge is 0.351 e. The summed E-state index contributed by atoms with van der Waals surface area (Å²) < 4.78 is 0. The summed E-state index contributed by atoms with van der Waals surface area (Å²) >= 11 is 3.05. The lowest BCUT2D eigenvalue weighted by molar-refractivity contribution is -0.119. The van der Waals surface area contributed by atoms with Gasteiger partial charge in [-0.3, -0.25) is 9.59 Å². The highest BCUT2D eigenvalue weighted by molar-refractivity contribution is 7.18. The topological polar surface area (TPSA) is 83.1 Å². The average Bonchev–Trinajstić information content (AvgIpc) is 3.03. The molecule has 22 heavy (non-hydrogen) atoms. The molecule has 0 aromatic carbocycles. The summed E-state index contributed by atoms with van der Waals surface area (Å²) in [4.78, 5) is 30.2. The molecule has 0 saturated heterocycles. The number of carbonyl (C=O) groups is 2. The number of nitrogens with zero attached hydrogens (tertiary/aromatic N) is 1. The predicted molar refractivity (Wildman–Crippen MR) is 90.2 cm³/mol. The molecule has 0 unspecified atom stereocenters. The molecule has 0 aliphatic carbocycles. The van der Waals surface area contributed by atoms with E-state index in [-0.39, 0.29) is 18.4 Å². The van der Waals surface area contributed by atoms with Crippen molar-refractivity contribution >= 4 is 39.6 Å². The minimum atomic E-state index is -0.111. The van der Waals surface area contributed by atoms with Crippen molar-refractivity contribution in [1.82, 2.24) is 15.6 Å². The van der Waals surface area contributed by atoms with E-state index in [4.69, 9.17) is 0 Å². The van der Waals surface area contributed by atoms with E-state index < -0.39 is 0 Å². The fourth-order valence-corrected chi connectivity index (χ4v) is 3.72. The van der Waals surface area contributed by atoms with Crippen LogP contribution in [-0.2, 0) is 16.1 Å². The number of amides is 2. The first-order valence-electron chi connectivity index (χ1n) is 6.75. The van der Waals surface area contributed by atoms with Crippen molar-refractivity contribution in [1.29, 1.82) is 0 Å². The number of thiophene rings is 1. The van der Waals surface area contributed by atoms with Crippen LogP contribution in [0.3, 0.4) is 0 Å². The molecule has 2 aromatic heterocycles. The van der Waals surface area contributed by atoms with Gasteiger partial charge in [-0.15, -0.1) is 22.7 Å². The number of carbonyl (C=O) groups excluding carboxylic acids is 2. The van der Waals surface area contributed by atoms with Crippen LogP contribution in [0.25, 0.3) is 10.6 Å². The highest BCUT2D eigenvalue weighted by Crippen LogP contribution is 2.34. The number of hydrogen-bond acceptors (Lipinski definition) is 6. The summed E-state index contributed by atoms with van der Waals surface area (Å²) in [6.07, 6.45) is 0. The third kappa shape index (κ3) is 4.36. The van der Waals surface area contributed by atoms with Crippen molar-refractivity contribution in [3.63, 3.8) is 0 Å². The first-order chi connectivity index (χ1) is 10.5. The molecule has 2 heterocycles. The van der Waals surface area contributed by atoms with E-state index in [0.717, 1.165) is 20.3 Å². The quantitative estimate of drug-likeness (QED) is 0.752. The van der Waals surface area contributed by atoms with Crippen LogP contribution in [0.15, 0.2) is 12.1 Å². The molecule has 8 heteroatoms. The Morgan fingerprint density at radius 2 is 2.05 bits per heavy atom. The van der Waals surface area contributed by atoms with Crippen LogP contribution in [0.4, 0.5) is 5.13 Å². The Bertz CT molecular complexity index is 678. The zero-order valence-corrected chi connectivity index (χ0v) is 14.3. The van der Waals surface area contributed by atoms with Crippen molar-refractivity contribution in [2.45, 2.75) is 20.4 Å². The molecule has 2 aromatic rings. The lowest BCUT2D eigenvalue weighted by atomic mass is 10.3. The molecular weight excluding hydrogens is 320 g/mol. The minimum absolute atomic E-state index is 0.0469. The van der Waals surface area contributed by atoms with E-state index in [9.17, 15) is 9.59 Å². The zero-order valence-electron chi connectivity index (χ0n) is 12.6. The second kappa shape index (κ2) is 7.48. The van der Waals surface area contributed by atoms with E-state index in [1.807, 2.05) is 19.1 Å². The number of likely N-dealkylation sites (N-methyl/N-ethyl adjacent to an activating group) is 1. The van der Waals surface area contributed by atoms with Crippen molar-refractivity contribution in [2.75, 3.05) is 18.9 Å². The Kier molecular flexibility index (Phi) is 5.64. The van der Waals surface area contributed by atoms with Gasteiger partial charge in [-0.1, -0.05) is 0 Å². The summed E-state index contributed by atoms with van der Waals surface area (Å²) in [5.41, 5.74) is 0.879. The van der Waals surface area contributed by atoms with Gasteiger partial charge in [0.15, 0.2) is 5.13 Å². The van der Waals surface area contributed by atoms with E-state index in [1.165, 1.54) is 18.3 Å². The van der Waals surface area contributed by atoms with Gasteiger partial charge in [0.2, 0.25) is 11.8 Å². The second-order valence-corrected chi connectivity index (χ2v) is 7.05. The Morgan fingerprint density at radius 1 is 1.27 bits per heavy atom. The predicted octanol–water partition coefficient (Wildman–Crippen LogP) is 1.97. The molecule has 6 nitrogen and oxygen atoms in total. The molecule has 118 valence electrons. The molecule has 0 aliphatic heterocycles. The molecule has 2 amide bonds. The maximum atomic E-state index is 11.6. The standard InChI is InChI=1S/C14H18N4O2S2/c1-8-13(18-14(21-8)17-12(20)7-15-3)11-5-4-10(22-11)6-16-9(2)19/h4-5,15H,6-7H2,1-3H3,(H,16,19)(H,17,18,20). The monoisotopic (exact) mass is 338 g/mol. The number of anilines is 1. The Balaban J connectivity index is 2.10. The van der Waals surface area contributed by atoms with Crippen LogP contribution in [0.1, 0.15) is 16.7 Å². The number of aromatic nitrogens is 1. The van der Waals surface area contributed by atoms with Crippen LogP contribution in [0, 0.1) is 6.92 Å². The van der Waals surface area contributed by atoms with Gasteiger partial charge < -0.3 is 16.0 Å². The number of thiazole rings is 1. The molecule has 0 spiro atoms. The van der Waals surface area contributed by atoms with Crippen molar-refractivity contribution in [3.8, 4) is 10.6 Å². The lowest BCUT2D eigenvalue weighted by Crippen LogP contribution is -2.24. The molecular formula is C14H18N4O2S2. The van der Waals surface area contributed by atoms with Crippen molar-refractivity contribution in [3.05, 3.63) is 21.9 Å². The maximum Gasteiger partial charge on any atom is 0.240 e. The van der Waals surface area contributed by atoms with Gasteiger partial charge in [-0.2, -0.15) is 0 Å². The van der Waals surface area contributed by atoms with Gasteiger partial charge in [-0.05, 0) is 26.1 Å². The Hall–Kier alpha value is -1.77.